The van der Waals surface area contributed by atoms with Crippen molar-refractivity contribution < 1.29 is 24.1 Å². The van der Waals surface area contributed by atoms with Crippen LogP contribution in [0.4, 0.5) is 0 Å². The van der Waals surface area contributed by atoms with E-state index in [0.717, 1.165) is 0 Å². The molecule has 0 bridgehead atoms. The van der Waals surface area contributed by atoms with Gasteiger partial charge in [0.25, 0.3) is 0 Å². The second-order valence-corrected chi connectivity index (χ2v) is 3.16. The van der Waals surface area contributed by atoms with Gasteiger partial charge in [0.2, 0.25) is 0 Å². The first-order valence-electron chi connectivity index (χ1n) is 4.69. The lowest BCUT2D eigenvalue weighted by Gasteiger charge is -2.20. The fraction of sp³-hybridized carbons (Fsp3) is 1.00. The summed E-state index contributed by atoms with van der Waals surface area (Å²) in [5.41, 5.74) is 0. The summed E-state index contributed by atoms with van der Waals surface area (Å²) in [5.74, 6) is 0. The molecule has 5 heteroatoms. The van der Waals surface area contributed by atoms with Crippen molar-refractivity contribution in [1.82, 2.24) is 0 Å². The summed E-state index contributed by atoms with van der Waals surface area (Å²) in [4.78, 5) is 0. The number of rotatable bonds is 6. The highest BCUT2D eigenvalue weighted by Crippen LogP contribution is 2.19. The molecule has 0 saturated carbocycles. The normalized spacial score (nSPS) is 32.4. The van der Waals surface area contributed by atoms with Crippen LogP contribution in [0.2, 0.25) is 0 Å². The van der Waals surface area contributed by atoms with E-state index in [9.17, 15) is 0 Å². The second-order valence-electron chi connectivity index (χ2n) is 3.16. The maximum Gasteiger partial charge on any atom is 0.114 e. The maximum absolute atomic E-state index is 8.97. The van der Waals surface area contributed by atoms with E-state index in [2.05, 4.69) is 0 Å². The SMILES string of the molecule is COCCOC1COC(CO)C1OC. The minimum absolute atomic E-state index is 0.0390. The lowest BCUT2D eigenvalue weighted by Crippen LogP contribution is -2.36. The van der Waals surface area contributed by atoms with Gasteiger partial charge in [-0.1, -0.05) is 0 Å². The van der Waals surface area contributed by atoms with Gasteiger partial charge in [0.15, 0.2) is 0 Å². The molecule has 3 atom stereocenters. The van der Waals surface area contributed by atoms with Crippen LogP contribution in [-0.4, -0.2) is 64.1 Å². The van der Waals surface area contributed by atoms with Gasteiger partial charge in [-0.2, -0.15) is 0 Å². The summed E-state index contributed by atoms with van der Waals surface area (Å²) < 4.78 is 20.9. The van der Waals surface area contributed by atoms with Gasteiger partial charge in [0.1, 0.15) is 18.3 Å². The van der Waals surface area contributed by atoms with Gasteiger partial charge in [-0.3, -0.25) is 0 Å². The average molecular weight is 206 g/mol. The number of hydrogen-bond acceptors (Lipinski definition) is 5. The van der Waals surface area contributed by atoms with Gasteiger partial charge in [-0.15, -0.1) is 0 Å². The van der Waals surface area contributed by atoms with E-state index in [4.69, 9.17) is 24.1 Å². The van der Waals surface area contributed by atoms with Crippen LogP contribution >= 0.6 is 0 Å². The second kappa shape index (κ2) is 6.31. The highest BCUT2D eigenvalue weighted by atomic mass is 16.6. The van der Waals surface area contributed by atoms with E-state index in [0.29, 0.717) is 19.8 Å². The molecular weight excluding hydrogens is 188 g/mol. The molecule has 1 aliphatic rings. The molecule has 1 saturated heterocycles. The van der Waals surface area contributed by atoms with Gasteiger partial charge < -0.3 is 24.1 Å². The minimum atomic E-state index is -0.271. The van der Waals surface area contributed by atoms with Gasteiger partial charge in [0.05, 0.1) is 26.4 Å². The first kappa shape index (κ1) is 11.9. The van der Waals surface area contributed by atoms with Crippen molar-refractivity contribution >= 4 is 0 Å². The van der Waals surface area contributed by atoms with Crippen LogP contribution in [-0.2, 0) is 18.9 Å². The van der Waals surface area contributed by atoms with Crippen LogP contribution in [0.15, 0.2) is 0 Å². The van der Waals surface area contributed by atoms with Gasteiger partial charge in [-0.25, -0.2) is 0 Å². The van der Waals surface area contributed by atoms with Crippen molar-refractivity contribution in [2.45, 2.75) is 18.3 Å². The Hall–Kier alpha value is -0.200. The third kappa shape index (κ3) is 2.90. The largest absolute Gasteiger partial charge is 0.394 e. The van der Waals surface area contributed by atoms with E-state index < -0.39 is 0 Å². The number of aliphatic hydroxyl groups excluding tert-OH is 1. The van der Waals surface area contributed by atoms with Crippen molar-refractivity contribution in [2.75, 3.05) is 40.6 Å². The summed E-state index contributed by atoms with van der Waals surface area (Å²) in [7, 11) is 3.22. The van der Waals surface area contributed by atoms with Crippen molar-refractivity contribution in [1.29, 1.82) is 0 Å². The van der Waals surface area contributed by atoms with E-state index in [-0.39, 0.29) is 24.9 Å². The molecule has 1 N–H and O–H groups in total. The van der Waals surface area contributed by atoms with Gasteiger partial charge in [-0.05, 0) is 0 Å². The fourth-order valence-corrected chi connectivity index (χ4v) is 1.53. The van der Waals surface area contributed by atoms with Crippen LogP contribution in [0.5, 0.6) is 0 Å². The Morgan fingerprint density at radius 1 is 1.36 bits per heavy atom. The van der Waals surface area contributed by atoms with Gasteiger partial charge in [0, 0.05) is 14.2 Å². The summed E-state index contributed by atoms with van der Waals surface area (Å²) >= 11 is 0. The van der Waals surface area contributed by atoms with Crippen LogP contribution < -0.4 is 0 Å². The van der Waals surface area contributed by atoms with E-state index in [1.807, 2.05) is 0 Å². The molecule has 0 aromatic heterocycles. The topological polar surface area (TPSA) is 57.2 Å². The Labute approximate surface area is 83.9 Å². The average Bonchev–Trinajstić information content (AvgIpc) is 2.60. The zero-order valence-corrected chi connectivity index (χ0v) is 8.64. The molecular formula is C9H18O5. The predicted octanol–water partition coefficient (Wildman–Crippen LogP) is -0.576. The molecule has 14 heavy (non-hydrogen) atoms. The highest BCUT2D eigenvalue weighted by molar-refractivity contribution is 4.85. The molecule has 0 aromatic rings. The van der Waals surface area contributed by atoms with Crippen LogP contribution in [0, 0.1) is 0 Å². The summed E-state index contributed by atoms with van der Waals surface area (Å²) in [6.45, 7) is 1.50. The van der Waals surface area contributed by atoms with Crippen LogP contribution in [0.25, 0.3) is 0 Å². The molecule has 1 aliphatic heterocycles. The van der Waals surface area contributed by atoms with Crippen molar-refractivity contribution in [3.63, 3.8) is 0 Å². The first-order chi connectivity index (χ1) is 6.83. The monoisotopic (exact) mass is 206 g/mol. The van der Waals surface area contributed by atoms with E-state index in [1.54, 1.807) is 14.2 Å². The van der Waals surface area contributed by atoms with Crippen molar-refractivity contribution in [2.24, 2.45) is 0 Å². The zero-order valence-electron chi connectivity index (χ0n) is 8.64. The smallest absolute Gasteiger partial charge is 0.114 e. The molecule has 1 rings (SSSR count). The minimum Gasteiger partial charge on any atom is -0.394 e. The van der Waals surface area contributed by atoms with Gasteiger partial charge >= 0.3 is 0 Å². The Balaban J connectivity index is 2.30. The molecule has 1 fully saturated rings. The lowest BCUT2D eigenvalue weighted by molar-refractivity contribution is -0.0590. The highest BCUT2D eigenvalue weighted by Gasteiger charge is 2.37. The standard InChI is InChI=1S/C9H18O5/c1-11-3-4-13-8-6-14-7(5-10)9(8)12-2/h7-10H,3-6H2,1-2H3. The molecule has 5 nitrogen and oxygen atoms in total. The van der Waals surface area contributed by atoms with E-state index >= 15 is 0 Å². The van der Waals surface area contributed by atoms with Crippen molar-refractivity contribution in [3.05, 3.63) is 0 Å². The summed E-state index contributed by atoms with van der Waals surface area (Å²) in [6, 6.07) is 0. The summed E-state index contributed by atoms with van der Waals surface area (Å²) in [5, 5.41) is 8.97. The van der Waals surface area contributed by atoms with Crippen LogP contribution in [0.1, 0.15) is 0 Å². The van der Waals surface area contributed by atoms with Crippen LogP contribution in [0.3, 0.4) is 0 Å². The molecule has 84 valence electrons. The number of methoxy groups -OCH3 is 2. The zero-order chi connectivity index (χ0) is 10.4. The van der Waals surface area contributed by atoms with Crippen molar-refractivity contribution in [3.8, 4) is 0 Å². The third-order valence-corrected chi connectivity index (χ3v) is 2.28. The fourth-order valence-electron chi connectivity index (χ4n) is 1.53. The molecule has 0 aliphatic carbocycles. The Morgan fingerprint density at radius 3 is 2.71 bits per heavy atom. The maximum atomic E-state index is 8.97. The Kier molecular flexibility index (Phi) is 5.36. The molecule has 0 radical (unpaired) electrons. The molecule has 0 amide bonds. The third-order valence-electron chi connectivity index (χ3n) is 2.28. The molecule has 0 spiro atoms. The Bertz CT molecular complexity index is 152. The predicted molar refractivity (Wildman–Crippen MR) is 49.2 cm³/mol. The molecule has 0 aromatic carbocycles. The molecule has 1 heterocycles. The lowest BCUT2D eigenvalue weighted by atomic mass is 10.1. The number of ether oxygens (including phenoxy) is 4. The Morgan fingerprint density at radius 2 is 2.14 bits per heavy atom. The quantitative estimate of drug-likeness (QED) is 0.589. The number of aliphatic hydroxyl groups is 1. The number of hydrogen-bond donors (Lipinski definition) is 1. The summed E-state index contributed by atoms with van der Waals surface area (Å²) in [6.07, 6.45) is -0.559. The molecule has 3 unspecified atom stereocenters. The van der Waals surface area contributed by atoms with E-state index in [1.165, 1.54) is 0 Å². The first-order valence-corrected chi connectivity index (χ1v) is 4.69.